The van der Waals surface area contributed by atoms with Crippen molar-refractivity contribution >= 4 is 8.03 Å². The number of hydrogen-bond acceptors (Lipinski definition) is 1. The van der Waals surface area contributed by atoms with Crippen LogP contribution in [0.25, 0.3) is 0 Å². The van der Waals surface area contributed by atoms with Gasteiger partial charge in [0, 0.05) is 6.42 Å². The van der Waals surface area contributed by atoms with Crippen LogP contribution in [0.5, 0.6) is 0 Å². The summed E-state index contributed by atoms with van der Waals surface area (Å²) in [4.78, 5) is 8.36. The standard InChI is InChI=1S/C5H9O2P/c1-3-4-5(2)8(6)7/h2-4H2,1H3/p+1. The summed E-state index contributed by atoms with van der Waals surface area (Å²) in [6.45, 7) is 5.36. The second-order valence-corrected chi connectivity index (χ2v) is 2.77. The topological polar surface area (TPSA) is 37.3 Å². The van der Waals surface area contributed by atoms with Crippen molar-refractivity contribution in [2.45, 2.75) is 19.8 Å². The maximum absolute atomic E-state index is 10.1. The lowest BCUT2D eigenvalue weighted by atomic mass is 10.3. The van der Waals surface area contributed by atoms with E-state index >= 15 is 0 Å². The van der Waals surface area contributed by atoms with Crippen molar-refractivity contribution in [1.29, 1.82) is 0 Å². The van der Waals surface area contributed by atoms with Crippen molar-refractivity contribution in [2.24, 2.45) is 0 Å². The van der Waals surface area contributed by atoms with E-state index in [1.54, 1.807) is 0 Å². The summed E-state index contributed by atoms with van der Waals surface area (Å²) in [5.41, 5.74) is 0. The number of hydrogen-bond donors (Lipinski definition) is 1. The van der Waals surface area contributed by atoms with Crippen LogP contribution in [0.1, 0.15) is 19.8 Å². The molecule has 0 aromatic heterocycles. The van der Waals surface area contributed by atoms with Crippen molar-refractivity contribution in [3.05, 3.63) is 11.9 Å². The lowest BCUT2D eigenvalue weighted by molar-refractivity contribution is 0.508. The molecule has 0 bridgehead atoms. The minimum absolute atomic E-state index is 0.447. The van der Waals surface area contributed by atoms with E-state index in [1.165, 1.54) is 0 Å². The monoisotopic (exact) mass is 133 g/mol. The van der Waals surface area contributed by atoms with Crippen molar-refractivity contribution in [2.75, 3.05) is 0 Å². The second-order valence-electron chi connectivity index (χ2n) is 1.59. The van der Waals surface area contributed by atoms with Gasteiger partial charge >= 0.3 is 8.03 Å². The summed E-state index contributed by atoms with van der Waals surface area (Å²) in [5.74, 6) is 0. The predicted octanol–water partition coefficient (Wildman–Crippen LogP) is 2.03. The lowest BCUT2D eigenvalue weighted by Crippen LogP contribution is -1.70. The van der Waals surface area contributed by atoms with Crippen molar-refractivity contribution in [3.8, 4) is 0 Å². The van der Waals surface area contributed by atoms with E-state index < -0.39 is 8.03 Å². The third kappa shape index (κ3) is 2.89. The lowest BCUT2D eigenvalue weighted by Gasteiger charge is -1.80. The van der Waals surface area contributed by atoms with E-state index in [0.29, 0.717) is 11.7 Å². The Morgan fingerprint density at radius 2 is 2.38 bits per heavy atom. The van der Waals surface area contributed by atoms with Gasteiger partial charge in [-0.15, -0.1) is 0 Å². The molecule has 3 heteroatoms. The Morgan fingerprint density at radius 1 is 1.88 bits per heavy atom. The molecule has 1 N–H and O–H groups in total. The van der Waals surface area contributed by atoms with E-state index in [9.17, 15) is 4.57 Å². The van der Waals surface area contributed by atoms with E-state index in [2.05, 4.69) is 6.58 Å². The van der Waals surface area contributed by atoms with Gasteiger partial charge in [-0.25, -0.2) is 0 Å². The van der Waals surface area contributed by atoms with Crippen LogP contribution in [0, 0.1) is 0 Å². The molecule has 0 saturated carbocycles. The molecule has 0 aliphatic rings. The zero-order chi connectivity index (χ0) is 6.57. The molecule has 46 valence electrons. The molecule has 0 spiro atoms. The molecule has 0 aliphatic carbocycles. The molecule has 0 aromatic rings. The fraction of sp³-hybridized carbons (Fsp3) is 0.600. The summed E-state index contributed by atoms with van der Waals surface area (Å²) >= 11 is 0. The maximum Gasteiger partial charge on any atom is 0.540 e. The highest BCUT2D eigenvalue weighted by molar-refractivity contribution is 7.43. The van der Waals surface area contributed by atoms with Crippen LogP contribution in [-0.2, 0) is 4.57 Å². The Kier molecular flexibility index (Phi) is 3.67. The van der Waals surface area contributed by atoms with E-state index in [0.717, 1.165) is 6.42 Å². The molecule has 0 fully saturated rings. The van der Waals surface area contributed by atoms with Gasteiger partial charge < -0.3 is 0 Å². The van der Waals surface area contributed by atoms with Gasteiger partial charge in [0.15, 0.2) is 5.31 Å². The van der Waals surface area contributed by atoms with E-state index in [4.69, 9.17) is 4.89 Å². The van der Waals surface area contributed by atoms with E-state index in [1.807, 2.05) is 6.92 Å². The Bertz CT molecular complexity index is 109. The van der Waals surface area contributed by atoms with Gasteiger partial charge in [0.25, 0.3) is 0 Å². The van der Waals surface area contributed by atoms with E-state index in [-0.39, 0.29) is 0 Å². The molecular formula is C5H10O2P+. The summed E-state index contributed by atoms with van der Waals surface area (Å²) < 4.78 is 10.1. The molecule has 0 aliphatic heterocycles. The van der Waals surface area contributed by atoms with Gasteiger partial charge in [0.05, 0.1) is 0 Å². The zero-order valence-corrected chi connectivity index (χ0v) is 5.82. The highest BCUT2D eigenvalue weighted by atomic mass is 31.1. The molecule has 1 unspecified atom stereocenters. The molecule has 1 atom stereocenters. The highest BCUT2D eigenvalue weighted by Crippen LogP contribution is 2.28. The average Bonchev–Trinajstić information content (AvgIpc) is 1.67. The molecule has 2 nitrogen and oxygen atoms in total. The minimum Gasteiger partial charge on any atom is -0.156 e. The molecule has 8 heavy (non-hydrogen) atoms. The Labute approximate surface area is 50.1 Å². The van der Waals surface area contributed by atoms with Gasteiger partial charge in [-0.3, -0.25) is 0 Å². The Morgan fingerprint density at radius 3 is 2.50 bits per heavy atom. The SMILES string of the molecule is C=C(CCC)[P+](=O)O. The molecule has 0 amide bonds. The van der Waals surface area contributed by atoms with Crippen LogP contribution < -0.4 is 0 Å². The van der Waals surface area contributed by atoms with Crippen LogP contribution >= 0.6 is 8.03 Å². The number of rotatable bonds is 3. The highest BCUT2D eigenvalue weighted by Gasteiger charge is 2.14. The first-order chi connectivity index (χ1) is 3.68. The minimum atomic E-state index is -2.11. The first-order valence-electron chi connectivity index (χ1n) is 2.52. The molecule has 0 saturated heterocycles. The summed E-state index contributed by atoms with van der Waals surface area (Å²) in [7, 11) is -2.11. The van der Waals surface area contributed by atoms with Gasteiger partial charge in [0.2, 0.25) is 0 Å². The van der Waals surface area contributed by atoms with Gasteiger partial charge in [-0.05, 0) is 17.6 Å². The summed E-state index contributed by atoms with van der Waals surface area (Å²) in [6.07, 6.45) is 1.55. The fourth-order valence-corrected chi connectivity index (χ4v) is 0.799. The fourth-order valence-electron chi connectivity index (χ4n) is 0.384. The summed E-state index contributed by atoms with van der Waals surface area (Å²) in [6, 6.07) is 0. The quantitative estimate of drug-likeness (QED) is 0.598. The van der Waals surface area contributed by atoms with Gasteiger partial charge in [-0.2, -0.15) is 4.89 Å². The molecule has 0 aromatic carbocycles. The summed E-state index contributed by atoms with van der Waals surface area (Å²) in [5, 5.41) is 0.447. The largest absolute Gasteiger partial charge is 0.540 e. The van der Waals surface area contributed by atoms with Crippen LogP contribution in [0.3, 0.4) is 0 Å². The maximum atomic E-state index is 10.1. The number of allylic oxidation sites excluding steroid dienone is 1. The first kappa shape index (κ1) is 7.80. The zero-order valence-electron chi connectivity index (χ0n) is 4.92. The smallest absolute Gasteiger partial charge is 0.156 e. The van der Waals surface area contributed by atoms with Crippen LogP contribution in [0.2, 0.25) is 0 Å². The van der Waals surface area contributed by atoms with Crippen LogP contribution in [0.15, 0.2) is 11.9 Å². The predicted molar refractivity (Wildman–Crippen MR) is 33.9 cm³/mol. The van der Waals surface area contributed by atoms with Crippen molar-refractivity contribution < 1.29 is 9.46 Å². The molecule has 0 radical (unpaired) electrons. The van der Waals surface area contributed by atoms with Crippen molar-refractivity contribution in [1.82, 2.24) is 0 Å². The van der Waals surface area contributed by atoms with Gasteiger partial charge in [0.1, 0.15) is 0 Å². The third-order valence-electron chi connectivity index (χ3n) is 0.809. The Hall–Kier alpha value is -0.200. The second kappa shape index (κ2) is 3.76. The van der Waals surface area contributed by atoms with Crippen LogP contribution in [-0.4, -0.2) is 4.89 Å². The molecule has 0 heterocycles. The van der Waals surface area contributed by atoms with Gasteiger partial charge in [-0.1, -0.05) is 6.92 Å². The van der Waals surface area contributed by atoms with Crippen molar-refractivity contribution in [3.63, 3.8) is 0 Å². The molecule has 0 rings (SSSR count). The van der Waals surface area contributed by atoms with Crippen LogP contribution in [0.4, 0.5) is 0 Å². The third-order valence-corrected chi connectivity index (χ3v) is 1.57. The molecular weight excluding hydrogens is 123 g/mol. The average molecular weight is 133 g/mol. The normalized spacial score (nSPS) is 11.0. The first-order valence-corrected chi connectivity index (χ1v) is 3.73. The Balaban J connectivity index is 3.49.